The van der Waals surface area contributed by atoms with Crippen molar-refractivity contribution in [3.05, 3.63) is 107 Å². The average Bonchev–Trinajstić information content (AvgIpc) is 3.13. The first-order valence-electron chi connectivity index (χ1n) is 12.0. The number of aliphatic hydroxyl groups is 1. The fourth-order valence-corrected chi connectivity index (χ4v) is 4.79. The van der Waals surface area contributed by atoms with Crippen LogP contribution in [-0.4, -0.2) is 30.9 Å². The van der Waals surface area contributed by atoms with Crippen molar-refractivity contribution in [2.75, 3.05) is 18.6 Å². The first kappa shape index (κ1) is 29.9. The van der Waals surface area contributed by atoms with Crippen LogP contribution in [0.4, 0.5) is 23.2 Å². The van der Waals surface area contributed by atoms with E-state index in [1.165, 1.54) is 13.3 Å². The normalized spacial score (nSPS) is 18.4. The number of alkyl halides is 3. The van der Waals surface area contributed by atoms with E-state index in [9.17, 15) is 22.7 Å². The number of rotatable bonds is 7. The molecule has 1 aliphatic heterocycles. The Hall–Kier alpha value is -3.63. The number of hydrogen-bond donors (Lipinski definition) is 1. The molecule has 4 rings (SSSR count). The second-order valence-electron chi connectivity index (χ2n) is 9.05. The number of allylic oxidation sites excluding steroid dienone is 2. The predicted octanol–water partition coefficient (Wildman–Crippen LogP) is 7.07. The third-order valence-electron chi connectivity index (χ3n) is 6.66. The van der Waals surface area contributed by atoms with Crippen LogP contribution >= 0.6 is 0 Å². The van der Waals surface area contributed by atoms with Gasteiger partial charge in [-0.05, 0) is 86.0 Å². The summed E-state index contributed by atoms with van der Waals surface area (Å²) in [5.74, 6) is -0.410. The number of nitrogens with zero attached hydrogens (tertiary/aromatic N) is 3. The van der Waals surface area contributed by atoms with Gasteiger partial charge in [0, 0.05) is 45.7 Å². The maximum absolute atomic E-state index is 14.9. The van der Waals surface area contributed by atoms with Gasteiger partial charge in [-0.1, -0.05) is 18.2 Å². The van der Waals surface area contributed by atoms with Gasteiger partial charge in [0.2, 0.25) is 5.90 Å². The fraction of sp³-hybridized carbons (Fsp3) is 0.241. The maximum Gasteiger partial charge on any atom is 0.416 e. The van der Waals surface area contributed by atoms with E-state index in [2.05, 4.69) is 10.2 Å². The van der Waals surface area contributed by atoms with Crippen molar-refractivity contribution in [3.63, 3.8) is 0 Å². The van der Waals surface area contributed by atoms with Crippen LogP contribution < -0.4 is 9.64 Å². The molecule has 0 spiro atoms. The Morgan fingerprint density at radius 2 is 1.79 bits per heavy atom. The van der Waals surface area contributed by atoms with Crippen molar-refractivity contribution >= 4 is 17.8 Å². The molecule has 1 radical (unpaired) electrons. The van der Waals surface area contributed by atoms with Crippen LogP contribution in [0.5, 0.6) is 5.75 Å². The number of fused-ring (bicyclic) bond motifs is 1. The molecule has 1 atom stereocenters. The fourth-order valence-electron chi connectivity index (χ4n) is 4.79. The van der Waals surface area contributed by atoms with Gasteiger partial charge in [0.1, 0.15) is 11.6 Å². The molecule has 1 unspecified atom stereocenters. The Morgan fingerprint density at radius 3 is 2.44 bits per heavy atom. The number of anilines is 1. The molecule has 0 aromatic heterocycles. The third-order valence-corrected chi connectivity index (χ3v) is 6.66. The smallest absolute Gasteiger partial charge is 0.416 e. The van der Waals surface area contributed by atoms with Gasteiger partial charge < -0.3 is 14.7 Å². The van der Waals surface area contributed by atoms with Gasteiger partial charge in [0.15, 0.2) is 0 Å². The minimum Gasteiger partial charge on any atom is -0.497 e. The van der Waals surface area contributed by atoms with E-state index in [1.807, 2.05) is 36.9 Å². The largest absolute Gasteiger partial charge is 0.497 e. The molecule has 0 aliphatic carbocycles. The molecule has 0 amide bonds. The minimum absolute atomic E-state index is 0. The number of benzene rings is 3. The average molecular weight is 584 g/mol. The standard InChI is InChI=1S/C29H27F4N3O2.Co/c1-4-36-25-13-11-22(38-3)17-23(25)28(2,18-20-16-21(29(31,32)33)10-12-24(20)30)26(36)14-15-34-35-27(37)19-8-6-5-7-9-19;/h5-17H,4,18H2,1-3H3,(H,35,37);/b26-14-,34-15+;. The summed E-state index contributed by atoms with van der Waals surface area (Å²) in [4.78, 5) is 1.99. The molecule has 3 aromatic rings. The van der Waals surface area contributed by atoms with E-state index in [0.717, 1.165) is 29.4 Å². The number of aliphatic hydroxyl groups excluding tert-OH is 1. The quantitative estimate of drug-likeness (QED) is 0.140. The van der Waals surface area contributed by atoms with Gasteiger partial charge in [-0.25, -0.2) is 4.39 Å². The first-order chi connectivity index (χ1) is 18.1. The van der Waals surface area contributed by atoms with E-state index in [0.29, 0.717) is 23.6 Å². The van der Waals surface area contributed by atoms with Crippen LogP contribution in [0.15, 0.2) is 88.7 Å². The van der Waals surface area contributed by atoms with Gasteiger partial charge in [-0.3, -0.25) is 0 Å². The van der Waals surface area contributed by atoms with Crippen LogP contribution in [0, 0.1) is 5.82 Å². The minimum atomic E-state index is -4.60. The van der Waals surface area contributed by atoms with Crippen LogP contribution in [0.25, 0.3) is 0 Å². The Kier molecular flexibility index (Phi) is 9.24. The zero-order chi connectivity index (χ0) is 27.5. The summed E-state index contributed by atoms with van der Waals surface area (Å²) in [5.41, 5.74) is 0.908. The summed E-state index contributed by atoms with van der Waals surface area (Å²) < 4.78 is 60.6. The number of halogens is 4. The van der Waals surface area contributed by atoms with E-state index in [-0.39, 0.29) is 34.7 Å². The Morgan fingerprint density at radius 1 is 1.08 bits per heavy atom. The third kappa shape index (κ3) is 6.17. The van der Waals surface area contributed by atoms with Crippen molar-refractivity contribution in [1.29, 1.82) is 0 Å². The number of likely N-dealkylation sites (N-methyl/N-ethyl adjacent to an activating group) is 1. The second kappa shape index (κ2) is 12.0. The second-order valence-corrected chi connectivity index (χ2v) is 9.05. The summed E-state index contributed by atoms with van der Waals surface area (Å²) in [5, 5.41) is 18.0. The summed E-state index contributed by atoms with van der Waals surface area (Å²) in [6, 6.07) is 16.7. The van der Waals surface area contributed by atoms with E-state index in [4.69, 9.17) is 4.74 Å². The molecular formula is C29H27CoF4N3O2. The summed E-state index contributed by atoms with van der Waals surface area (Å²) in [7, 11) is 1.53. The first-order valence-corrected chi connectivity index (χ1v) is 12.0. The van der Waals surface area contributed by atoms with Crippen molar-refractivity contribution in [1.82, 2.24) is 0 Å². The van der Waals surface area contributed by atoms with Gasteiger partial charge in [0.25, 0.3) is 0 Å². The molecule has 3 aromatic carbocycles. The molecular weight excluding hydrogens is 557 g/mol. The number of hydrogen-bond acceptors (Lipinski definition) is 4. The van der Waals surface area contributed by atoms with Crippen molar-refractivity contribution in [2.45, 2.75) is 31.9 Å². The van der Waals surface area contributed by atoms with Gasteiger partial charge in [-0.15, -0.1) is 5.10 Å². The van der Waals surface area contributed by atoms with Crippen molar-refractivity contribution in [2.24, 2.45) is 10.2 Å². The summed E-state index contributed by atoms with van der Waals surface area (Å²) in [6.45, 7) is 4.33. The van der Waals surface area contributed by atoms with E-state index in [1.54, 1.807) is 36.4 Å². The molecule has 0 saturated heterocycles. The molecule has 207 valence electrons. The Balaban J connectivity index is 0.00000420. The molecule has 1 aliphatic rings. The van der Waals surface area contributed by atoms with E-state index < -0.39 is 23.0 Å². The molecule has 0 bridgehead atoms. The SMILES string of the molecule is CCN1\C(=C/C=N/N=C(\O)c2ccccc2)C(C)(Cc2cc(C(F)(F)F)ccc2F)c2cc(OC)ccc21.[Co]. The Bertz CT molecular complexity index is 1410. The zero-order valence-corrected chi connectivity index (χ0v) is 22.5. The molecule has 39 heavy (non-hydrogen) atoms. The van der Waals surface area contributed by atoms with Crippen molar-refractivity contribution < 1.29 is 44.2 Å². The van der Waals surface area contributed by atoms with Crippen LogP contribution in [0.3, 0.4) is 0 Å². The Labute approximate surface area is 234 Å². The number of methoxy groups -OCH3 is 1. The molecule has 1 N–H and O–H groups in total. The summed E-state index contributed by atoms with van der Waals surface area (Å²) in [6.07, 6.45) is -1.55. The van der Waals surface area contributed by atoms with Crippen molar-refractivity contribution in [3.8, 4) is 5.75 Å². The molecule has 0 fully saturated rings. The molecule has 5 nitrogen and oxygen atoms in total. The predicted molar refractivity (Wildman–Crippen MR) is 141 cm³/mol. The topological polar surface area (TPSA) is 57.4 Å². The van der Waals surface area contributed by atoms with Gasteiger partial charge >= 0.3 is 6.18 Å². The van der Waals surface area contributed by atoms with Crippen LogP contribution in [0.2, 0.25) is 0 Å². The molecule has 1 heterocycles. The van der Waals surface area contributed by atoms with E-state index >= 15 is 0 Å². The van der Waals surface area contributed by atoms with Crippen LogP contribution in [0.1, 0.15) is 36.1 Å². The van der Waals surface area contributed by atoms with Gasteiger partial charge in [0.05, 0.1) is 18.9 Å². The molecule has 0 saturated carbocycles. The summed E-state index contributed by atoms with van der Waals surface area (Å²) >= 11 is 0. The maximum atomic E-state index is 14.9. The van der Waals surface area contributed by atoms with Gasteiger partial charge in [-0.2, -0.15) is 18.3 Å². The monoisotopic (exact) mass is 584 g/mol. The zero-order valence-electron chi connectivity index (χ0n) is 21.5. The van der Waals surface area contributed by atoms with Crippen LogP contribution in [-0.2, 0) is 34.8 Å². The molecule has 10 heteroatoms. The number of ether oxygens (including phenoxy) is 1.